The number of sulfone groups is 1. The fourth-order valence-corrected chi connectivity index (χ4v) is 4.48. The van der Waals surface area contributed by atoms with Crippen molar-refractivity contribution in [1.29, 1.82) is 0 Å². The standard InChI is InChI=1S/C25H19FN2O4S/c26-22-9-5-4-8-21(22)23-11-10-19(32-23)16-24(33(30,31)20-6-2-1-3-7-20)25(29)28-17-18-12-14-27-15-13-18/h1-16H,17H2,(H,28,29)/b24-16-. The lowest BCUT2D eigenvalue weighted by Crippen LogP contribution is -2.28. The smallest absolute Gasteiger partial charge is 0.263 e. The predicted molar refractivity (Wildman–Crippen MR) is 122 cm³/mol. The average Bonchev–Trinajstić information content (AvgIpc) is 3.31. The van der Waals surface area contributed by atoms with Gasteiger partial charge in [-0.05, 0) is 54.1 Å². The summed E-state index contributed by atoms with van der Waals surface area (Å²) in [4.78, 5) is 16.4. The number of carbonyl (C=O) groups is 1. The average molecular weight is 463 g/mol. The van der Waals surface area contributed by atoms with Gasteiger partial charge in [-0.1, -0.05) is 30.3 Å². The van der Waals surface area contributed by atoms with E-state index in [0.717, 1.165) is 11.6 Å². The van der Waals surface area contributed by atoms with Crippen molar-refractivity contribution >= 4 is 21.8 Å². The zero-order valence-corrected chi connectivity index (χ0v) is 18.1. The summed E-state index contributed by atoms with van der Waals surface area (Å²) in [5.74, 6) is -0.955. The van der Waals surface area contributed by atoms with Crippen molar-refractivity contribution in [2.45, 2.75) is 11.4 Å². The Morgan fingerprint density at radius 1 is 0.939 bits per heavy atom. The van der Waals surface area contributed by atoms with E-state index in [1.807, 2.05) is 0 Å². The number of furan rings is 1. The molecule has 0 spiro atoms. The van der Waals surface area contributed by atoms with Crippen LogP contribution in [0.3, 0.4) is 0 Å². The van der Waals surface area contributed by atoms with Gasteiger partial charge in [0.2, 0.25) is 9.84 Å². The van der Waals surface area contributed by atoms with E-state index in [0.29, 0.717) is 0 Å². The summed E-state index contributed by atoms with van der Waals surface area (Å²) >= 11 is 0. The summed E-state index contributed by atoms with van der Waals surface area (Å²) in [6.45, 7) is 0.113. The molecule has 0 unspecified atom stereocenters. The SMILES string of the molecule is O=C(NCc1ccncc1)/C(=C/c1ccc(-c2ccccc2F)o1)S(=O)(=O)c1ccccc1. The lowest BCUT2D eigenvalue weighted by Gasteiger charge is -2.10. The molecule has 0 saturated carbocycles. The monoisotopic (exact) mass is 462 g/mol. The zero-order chi connectivity index (χ0) is 23.3. The second-order valence-electron chi connectivity index (χ2n) is 7.05. The van der Waals surface area contributed by atoms with Gasteiger partial charge in [-0.2, -0.15) is 0 Å². The number of rotatable bonds is 7. The maximum Gasteiger partial charge on any atom is 0.263 e. The topological polar surface area (TPSA) is 89.3 Å². The van der Waals surface area contributed by atoms with Gasteiger partial charge in [0.15, 0.2) is 0 Å². The van der Waals surface area contributed by atoms with Crippen LogP contribution in [-0.4, -0.2) is 19.3 Å². The Morgan fingerprint density at radius 3 is 2.36 bits per heavy atom. The van der Waals surface area contributed by atoms with Crippen LogP contribution in [0.5, 0.6) is 0 Å². The maximum absolute atomic E-state index is 14.1. The molecule has 0 aliphatic heterocycles. The van der Waals surface area contributed by atoms with Gasteiger partial charge in [0.25, 0.3) is 5.91 Å². The minimum Gasteiger partial charge on any atom is -0.457 e. The third-order valence-electron chi connectivity index (χ3n) is 4.81. The molecule has 0 radical (unpaired) electrons. The van der Waals surface area contributed by atoms with Gasteiger partial charge >= 0.3 is 0 Å². The number of nitrogens with zero attached hydrogens (tertiary/aromatic N) is 1. The van der Waals surface area contributed by atoms with E-state index in [1.54, 1.807) is 60.9 Å². The first kappa shape index (κ1) is 22.2. The van der Waals surface area contributed by atoms with Crippen LogP contribution in [-0.2, 0) is 21.2 Å². The first-order chi connectivity index (χ1) is 15.9. The van der Waals surface area contributed by atoms with Crippen molar-refractivity contribution in [1.82, 2.24) is 10.3 Å². The van der Waals surface area contributed by atoms with Gasteiger partial charge in [0.05, 0.1) is 10.5 Å². The Labute approximate surface area is 190 Å². The highest BCUT2D eigenvalue weighted by Gasteiger charge is 2.27. The molecule has 2 heterocycles. The number of amides is 1. The lowest BCUT2D eigenvalue weighted by molar-refractivity contribution is -0.116. The maximum atomic E-state index is 14.1. The van der Waals surface area contributed by atoms with Gasteiger partial charge in [0.1, 0.15) is 22.2 Å². The predicted octanol–water partition coefficient (Wildman–Crippen LogP) is 4.61. The summed E-state index contributed by atoms with van der Waals surface area (Å²) in [6.07, 6.45) is 4.30. The zero-order valence-electron chi connectivity index (χ0n) is 17.3. The Kier molecular flexibility index (Phi) is 6.46. The van der Waals surface area contributed by atoms with Crippen molar-refractivity contribution in [3.63, 3.8) is 0 Å². The third kappa shape index (κ3) is 5.07. The first-order valence-electron chi connectivity index (χ1n) is 9.99. The first-order valence-corrected chi connectivity index (χ1v) is 11.5. The number of hydrogen-bond donors (Lipinski definition) is 1. The summed E-state index contributed by atoms with van der Waals surface area (Å²) in [5, 5.41) is 2.63. The number of hydrogen-bond acceptors (Lipinski definition) is 5. The minimum atomic E-state index is -4.16. The molecule has 4 aromatic rings. The van der Waals surface area contributed by atoms with Crippen molar-refractivity contribution in [3.8, 4) is 11.3 Å². The highest BCUT2D eigenvalue weighted by Crippen LogP contribution is 2.28. The number of benzene rings is 2. The summed E-state index contributed by atoms with van der Waals surface area (Å²) in [7, 11) is -4.16. The highest BCUT2D eigenvalue weighted by atomic mass is 32.2. The highest BCUT2D eigenvalue weighted by molar-refractivity contribution is 7.96. The molecule has 8 heteroatoms. The fourth-order valence-electron chi connectivity index (χ4n) is 3.13. The lowest BCUT2D eigenvalue weighted by atomic mass is 10.1. The van der Waals surface area contributed by atoms with Gasteiger partial charge in [-0.15, -0.1) is 0 Å². The molecular formula is C25H19FN2O4S. The molecule has 2 aromatic carbocycles. The molecule has 0 aliphatic carbocycles. The summed E-state index contributed by atoms with van der Waals surface area (Å²) in [6, 6.07) is 20.1. The van der Waals surface area contributed by atoms with Gasteiger partial charge in [-0.25, -0.2) is 12.8 Å². The molecule has 166 valence electrons. The second-order valence-corrected chi connectivity index (χ2v) is 8.96. The van der Waals surface area contributed by atoms with E-state index in [2.05, 4.69) is 10.3 Å². The van der Waals surface area contributed by atoms with Crippen LogP contribution in [0.2, 0.25) is 0 Å². The van der Waals surface area contributed by atoms with Crippen LogP contribution in [0.1, 0.15) is 11.3 Å². The van der Waals surface area contributed by atoms with Crippen LogP contribution >= 0.6 is 0 Å². The van der Waals surface area contributed by atoms with Crippen LogP contribution in [0, 0.1) is 5.82 Å². The molecule has 4 rings (SSSR count). The molecular weight excluding hydrogens is 443 g/mol. The quantitative estimate of drug-likeness (QED) is 0.405. The second kappa shape index (κ2) is 9.62. The Balaban J connectivity index is 1.70. The Hall–Kier alpha value is -4.04. The fraction of sp³-hybridized carbons (Fsp3) is 0.0400. The van der Waals surface area contributed by atoms with Gasteiger partial charge in [-0.3, -0.25) is 9.78 Å². The van der Waals surface area contributed by atoms with Gasteiger partial charge in [0, 0.05) is 25.0 Å². The number of pyridine rings is 1. The molecule has 6 nitrogen and oxygen atoms in total. The number of aromatic nitrogens is 1. The van der Waals surface area contributed by atoms with E-state index in [-0.39, 0.29) is 28.5 Å². The summed E-state index contributed by atoms with van der Waals surface area (Å²) in [5.41, 5.74) is 0.987. The van der Waals surface area contributed by atoms with Crippen molar-refractivity contribution in [3.05, 3.63) is 113 Å². The molecule has 33 heavy (non-hydrogen) atoms. The van der Waals surface area contributed by atoms with Crippen molar-refractivity contribution in [2.75, 3.05) is 0 Å². The molecule has 1 amide bonds. The van der Waals surface area contributed by atoms with Crippen LogP contribution in [0.4, 0.5) is 4.39 Å². The largest absolute Gasteiger partial charge is 0.457 e. The molecule has 1 N–H and O–H groups in total. The Bertz CT molecular complexity index is 1400. The minimum absolute atomic E-state index is 0.0313. The summed E-state index contributed by atoms with van der Waals surface area (Å²) < 4.78 is 46.3. The van der Waals surface area contributed by atoms with E-state index in [1.165, 1.54) is 30.3 Å². The van der Waals surface area contributed by atoms with E-state index >= 15 is 0 Å². The third-order valence-corrected chi connectivity index (χ3v) is 6.58. The van der Waals surface area contributed by atoms with Crippen molar-refractivity contribution < 1.29 is 22.0 Å². The van der Waals surface area contributed by atoms with E-state index in [9.17, 15) is 17.6 Å². The van der Waals surface area contributed by atoms with Crippen LogP contribution in [0.15, 0.2) is 105 Å². The Morgan fingerprint density at radius 2 is 1.64 bits per heavy atom. The van der Waals surface area contributed by atoms with E-state index < -0.39 is 26.5 Å². The molecule has 2 aromatic heterocycles. The van der Waals surface area contributed by atoms with Crippen LogP contribution < -0.4 is 5.32 Å². The van der Waals surface area contributed by atoms with E-state index in [4.69, 9.17) is 4.42 Å². The molecule has 0 fully saturated rings. The molecule has 0 bridgehead atoms. The van der Waals surface area contributed by atoms with Crippen LogP contribution in [0.25, 0.3) is 17.4 Å². The molecule has 0 atom stereocenters. The normalized spacial score (nSPS) is 11.8. The molecule has 0 saturated heterocycles. The molecule has 0 aliphatic rings. The number of carbonyl (C=O) groups excluding carboxylic acids is 1. The van der Waals surface area contributed by atoms with Gasteiger partial charge < -0.3 is 9.73 Å². The number of halogens is 1. The number of nitrogens with one attached hydrogen (secondary N) is 1. The van der Waals surface area contributed by atoms with Crippen molar-refractivity contribution in [2.24, 2.45) is 0 Å².